The van der Waals surface area contributed by atoms with Gasteiger partial charge in [0.2, 0.25) is 0 Å². The predicted molar refractivity (Wildman–Crippen MR) is 88.1 cm³/mol. The Balaban J connectivity index is 1.82. The molecular weight excluding hydrogens is 256 g/mol. The number of hydrogen-bond donors (Lipinski definition) is 1. The van der Waals surface area contributed by atoms with Gasteiger partial charge in [-0.2, -0.15) is 0 Å². The lowest BCUT2D eigenvalue weighted by Gasteiger charge is -2.02. The Morgan fingerprint density at radius 3 is 2.52 bits per heavy atom. The van der Waals surface area contributed by atoms with E-state index in [4.69, 9.17) is 0 Å². The molecule has 2 aromatic rings. The summed E-state index contributed by atoms with van der Waals surface area (Å²) in [5.41, 5.74) is 3.33. The lowest BCUT2D eigenvalue weighted by atomic mass is 10.1. The molecule has 2 rings (SSSR count). The number of benzene rings is 2. The predicted octanol–water partition coefficient (Wildman–Crippen LogP) is 4.71. The smallest absolute Gasteiger partial charge is 0.119 e. The monoisotopic (exact) mass is 276 g/mol. The fourth-order valence-electron chi connectivity index (χ4n) is 2.02. The van der Waals surface area contributed by atoms with Gasteiger partial charge in [0.05, 0.1) is 0 Å². The summed E-state index contributed by atoms with van der Waals surface area (Å²) in [6.45, 7) is 2.12. The van der Waals surface area contributed by atoms with Crippen molar-refractivity contribution in [3.8, 4) is 17.6 Å². The highest BCUT2D eigenvalue weighted by Gasteiger charge is 1.97. The summed E-state index contributed by atoms with van der Waals surface area (Å²) in [5.74, 6) is 6.73. The van der Waals surface area contributed by atoms with E-state index in [-0.39, 0.29) is 0 Å². The quantitative estimate of drug-likeness (QED) is 0.633. The topological polar surface area (TPSA) is 20.2 Å². The van der Waals surface area contributed by atoms with Gasteiger partial charge in [0.25, 0.3) is 0 Å². The van der Waals surface area contributed by atoms with E-state index in [2.05, 4.69) is 24.8 Å². The van der Waals surface area contributed by atoms with Crippen LogP contribution in [0.5, 0.6) is 5.75 Å². The van der Waals surface area contributed by atoms with Crippen molar-refractivity contribution in [1.82, 2.24) is 0 Å². The van der Waals surface area contributed by atoms with Crippen LogP contribution in [0, 0.1) is 11.8 Å². The molecule has 0 spiro atoms. The molecule has 0 atom stereocenters. The Kier molecular flexibility index (Phi) is 5.67. The van der Waals surface area contributed by atoms with E-state index < -0.39 is 0 Å². The van der Waals surface area contributed by atoms with Gasteiger partial charge in [-0.1, -0.05) is 59.9 Å². The third-order valence-corrected chi connectivity index (χ3v) is 3.31. The molecule has 21 heavy (non-hydrogen) atoms. The molecule has 0 fully saturated rings. The summed E-state index contributed by atoms with van der Waals surface area (Å²) >= 11 is 0. The van der Waals surface area contributed by atoms with Crippen molar-refractivity contribution in [2.45, 2.75) is 26.2 Å². The molecule has 0 radical (unpaired) electrons. The maximum absolute atomic E-state index is 9.71. The van der Waals surface area contributed by atoms with Crippen molar-refractivity contribution in [3.05, 3.63) is 77.4 Å². The van der Waals surface area contributed by atoms with Crippen LogP contribution in [0.4, 0.5) is 0 Å². The van der Waals surface area contributed by atoms with Crippen LogP contribution in [0.25, 0.3) is 0 Å². The Bertz CT molecular complexity index is 657. The molecule has 0 unspecified atom stereocenters. The van der Waals surface area contributed by atoms with Crippen LogP contribution in [0.2, 0.25) is 0 Å². The molecule has 0 heterocycles. The number of phenols is 1. The second kappa shape index (κ2) is 7.97. The second-order valence-electron chi connectivity index (χ2n) is 5.05. The van der Waals surface area contributed by atoms with Crippen LogP contribution in [0.1, 0.15) is 30.9 Å². The van der Waals surface area contributed by atoms with Crippen molar-refractivity contribution in [1.29, 1.82) is 0 Å². The highest BCUT2D eigenvalue weighted by molar-refractivity contribution is 5.34. The Morgan fingerprint density at radius 2 is 1.76 bits per heavy atom. The molecule has 0 saturated carbocycles. The molecule has 106 valence electrons. The van der Waals surface area contributed by atoms with Gasteiger partial charge in [-0.25, -0.2) is 0 Å². The standard InChI is InChI=1S/C20H20O/c1-17(15-16-19-13-7-8-14-20(19)21)9-5-6-12-18-10-3-2-4-11-18/h2-4,7-8,10-11,13-15,21H,5,9,16H2,1H3/b17-15+. The largest absolute Gasteiger partial charge is 0.508 e. The zero-order chi connectivity index (χ0) is 14.9. The maximum Gasteiger partial charge on any atom is 0.119 e. The van der Waals surface area contributed by atoms with Gasteiger partial charge in [0.15, 0.2) is 0 Å². The van der Waals surface area contributed by atoms with Crippen molar-refractivity contribution in [2.24, 2.45) is 0 Å². The zero-order valence-electron chi connectivity index (χ0n) is 12.3. The van der Waals surface area contributed by atoms with Crippen LogP contribution < -0.4 is 0 Å². The van der Waals surface area contributed by atoms with Crippen LogP contribution in [0.3, 0.4) is 0 Å². The first-order valence-electron chi connectivity index (χ1n) is 7.22. The zero-order valence-corrected chi connectivity index (χ0v) is 12.3. The highest BCUT2D eigenvalue weighted by Crippen LogP contribution is 2.17. The Hall–Kier alpha value is -2.46. The van der Waals surface area contributed by atoms with Crippen molar-refractivity contribution in [3.63, 3.8) is 0 Å². The fourth-order valence-corrected chi connectivity index (χ4v) is 2.02. The van der Waals surface area contributed by atoms with E-state index >= 15 is 0 Å². The van der Waals surface area contributed by atoms with Crippen LogP contribution in [-0.2, 0) is 6.42 Å². The summed E-state index contributed by atoms with van der Waals surface area (Å²) in [5, 5.41) is 9.71. The van der Waals surface area contributed by atoms with Crippen molar-refractivity contribution >= 4 is 0 Å². The van der Waals surface area contributed by atoms with E-state index in [9.17, 15) is 5.11 Å². The van der Waals surface area contributed by atoms with Gasteiger partial charge < -0.3 is 5.11 Å². The van der Waals surface area contributed by atoms with Gasteiger partial charge in [-0.15, -0.1) is 0 Å². The second-order valence-corrected chi connectivity index (χ2v) is 5.05. The summed E-state index contributed by atoms with van der Waals surface area (Å²) in [6, 6.07) is 17.5. The van der Waals surface area contributed by atoms with Gasteiger partial charge in [0, 0.05) is 12.0 Å². The minimum atomic E-state index is 0.366. The summed E-state index contributed by atoms with van der Waals surface area (Å²) in [7, 11) is 0. The lowest BCUT2D eigenvalue weighted by molar-refractivity contribution is 0.469. The molecule has 1 heteroatoms. The first kappa shape index (κ1) is 14.9. The van der Waals surface area contributed by atoms with Crippen molar-refractivity contribution in [2.75, 3.05) is 0 Å². The number of allylic oxidation sites excluding steroid dienone is 2. The molecule has 1 nitrogen and oxygen atoms in total. The third kappa shape index (κ3) is 5.20. The minimum Gasteiger partial charge on any atom is -0.508 e. The lowest BCUT2D eigenvalue weighted by Crippen LogP contribution is -1.84. The van der Waals surface area contributed by atoms with Gasteiger partial charge in [-0.3, -0.25) is 0 Å². The molecule has 2 aromatic carbocycles. The van der Waals surface area contributed by atoms with E-state index in [0.717, 1.165) is 30.4 Å². The summed E-state index contributed by atoms with van der Waals surface area (Å²) in [6.07, 6.45) is 4.76. The molecule has 0 amide bonds. The SMILES string of the molecule is C/C(=C\Cc1ccccc1O)CCC#Cc1ccccc1. The number of rotatable bonds is 4. The normalized spacial score (nSPS) is 10.8. The van der Waals surface area contributed by atoms with E-state index in [1.807, 2.05) is 48.5 Å². The molecule has 0 aromatic heterocycles. The average Bonchev–Trinajstić information content (AvgIpc) is 2.52. The Morgan fingerprint density at radius 1 is 1.05 bits per heavy atom. The maximum atomic E-state index is 9.71. The number of hydrogen-bond acceptors (Lipinski definition) is 1. The van der Waals surface area contributed by atoms with Crippen molar-refractivity contribution < 1.29 is 5.11 Å². The number of phenolic OH excluding ortho intramolecular Hbond substituents is 1. The van der Waals surface area contributed by atoms with Gasteiger partial charge >= 0.3 is 0 Å². The molecule has 0 aliphatic carbocycles. The minimum absolute atomic E-state index is 0.366. The van der Waals surface area contributed by atoms with E-state index in [1.165, 1.54) is 5.57 Å². The number of aromatic hydroxyl groups is 1. The van der Waals surface area contributed by atoms with Crippen LogP contribution in [0.15, 0.2) is 66.2 Å². The molecular formula is C20H20O. The third-order valence-electron chi connectivity index (χ3n) is 3.31. The van der Waals surface area contributed by atoms with E-state index in [1.54, 1.807) is 6.07 Å². The molecule has 1 N–H and O–H groups in total. The first-order chi connectivity index (χ1) is 10.3. The average molecular weight is 276 g/mol. The van der Waals surface area contributed by atoms with Crippen LogP contribution in [-0.4, -0.2) is 5.11 Å². The molecule has 0 aliphatic heterocycles. The van der Waals surface area contributed by atoms with Gasteiger partial charge in [0.1, 0.15) is 5.75 Å². The van der Waals surface area contributed by atoms with Crippen LogP contribution >= 0.6 is 0 Å². The first-order valence-corrected chi connectivity index (χ1v) is 7.22. The molecule has 0 aliphatic rings. The highest BCUT2D eigenvalue weighted by atomic mass is 16.3. The van der Waals surface area contributed by atoms with Gasteiger partial charge in [-0.05, 0) is 43.5 Å². The molecule has 0 bridgehead atoms. The van der Waals surface area contributed by atoms with E-state index in [0.29, 0.717) is 5.75 Å². The fraction of sp³-hybridized carbons (Fsp3) is 0.200. The summed E-state index contributed by atoms with van der Waals surface area (Å²) < 4.78 is 0. The summed E-state index contributed by atoms with van der Waals surface area (Å²) in [4.78, 5) is 0. The molecule has 0 saturated heterocycles. The Labute approximate surface area is 127 Å². The number of para-hydroxylation sites is 1.